The van der Waals surface area contributed by atoms with Crippen LogP contribution in [0.3, 0.4) is 0 Å². The number of hydrogen-bond acceptors (Lipinski definition) is 5. The van der Waals surface area contributed by atoms with Crippen LogP contribution in [0, 0.1) is 0 Å². The Morgan fingerprint density at radius 3 is 2.68 bits per heavy atom. The maximum absolute atomic E-state index is 12.0. The Kier molecular flexibility index (Phi) is 4.41. The molecular weight excluding hydrogens is 374 g/mol. The van der Waals surface area contributed by atoms with Crippen LogP contribution in [0.1, 0.15) is 15.2 Å². The highest BCUT2D eigenvalue weighted by atomic mass is 79.9. The molecule has 0 saturated carbocycles. The van der Waals surface area contributed by atoms with Gasteiger partial charge in [0.15, 0.2) is 0 Å². The van der Waals surface area contributed by atoms with Gasteiger partial charge in [0.05, 0.1) is 5.56 Å². The maximum Gasteiger partial charge on any atom is 0.336 e. The van der Waals surface area contributed by atoms with Gasteiger partial charge in [-0.25, -0.2) is 17.9 Å². The topological polar surface area (TPSA) is 83.5 Å². The van der Waals surface area contributed by atoms with Crippen LogP contribution in [0.15, 0.2) is 31.6 Å². The molecule has 2 rings (SSSR count). The van der Waals surface area contributed by atoms with Crippen LogP contribution < -0.4 is 4.72 Å². The van der Waals surface area contributed by atoms with Gasteiger partial charge < -0.3 is 5.11 Å². The first-order valence-electron chi connectivity index (χ1n) is 4.93. The van der Waals surface area contributed by atoms with Gasteiger partial charge in [0, 0.05) is 21.3 Å². The Labute approximate surface area is 126 Å². The molecule has 2 aromatic heterocycles. The normalized spacial score (nSPS) is 11.6. The summed E-state index contributed by atoms with van der Waals surface area (Å²) in [6.07, 6.45) is 0. The minimum atomic E-state index is -3.67. The second-order valence-corrected chi connectivity index (χ2v) is 8.24. The molecule has 0 spiro atoms. The zero-order chi connectivity index (χ0) is 14.0. The second-order valence-electron chi connectivity index (χ2n) is 3.48. The van der Waals surface area contributed by atoms with Crippen molar-refractivity contribution in [3.05, 3.63) is 37.8 Å². The first-order chi connectivity index (χ1) is 8.90. The Balaban J connectivity index is 2.14. The van der Waals surface area contributed by atoms with Gasteiger partial charge >= 0.3 is 5.97 Å². The lowest BCUT2D eigenvalue weighted by Crippen LogP contribution is -2.22. The zero-order valence-corrected chi connectivity index (χ0v) is 13.3. The molecule has 9 heteroatoms. The lowest BCUT2D eigenvalue weighted by Gasteiger charge is -2.03. The van der Waals surface area contributed by atoms with Crippen LogP contribution in [0.5, 0.6) is 0 Å². The van der Waals surface area contributed by atoms with Crippen molar-refractivity contribution in [1.29, 1.82) is 0 Å². The predicted molar refractivity (Wildman–Crippen MR) is 77.3 cm³/mol. The molecule has 0 aliphatic heterocycles. The van der Waals surface area contributed by atoms with Crippen molar-refractivity contribution in [2.45, 2.75) is 10.8 Å². The van der Waals surface area contributed by atoms with E-state index < -0.39 is 16.0 Å². The van der Waals surface area contributed by atoms with Gasteiger partial charge in [-0.2, -0.15) is 0 Å². The van der Waals surface area contributed by atoms with E-state index in [0.717, 1.165) is 26.8 Å². The summed E-state index contributed by atoms with van der Waals surface area (Å²) in [6, 6.07) is 2.99. The summed E-state index contributed by atoms with van der Waals surface area (Å²) in [7, 11) is -3.67. The van der Waals surface area contributed by atoms with Crippen LogP contribution in [-0.2, 0) is 16.6 Å². The highest BCUT2D eigenvalue weighted by Crippen LogP contribution is 2.24. The molecule has 0 bridgehead atoms. The number of sulfonamides is 1. The van der Waals surface area contributed by atoms with Crippen LogP contribution in [-0.4, -0.2) is 19.5 Å². The molecule has 0 atom stereocenters. The lowest BCUT2D eigenvalue weighted by atomic mass is 10.4. The molecular formula is C10H8BrNO4S3. The summed E-state index contributed by atoms with van der Waals surface area (Å²) in [5.74, 6) is -1.14. The molecule has 2 heterocycles. The fourth-order valence-corrected chi connectivity index (χ4v) is 4.97. The van der Waals surface area contributed by atoms with Crippen LogP contribution in [0.2, 0.25) is 0 Å². The number of carbonyl (C=O) groups is 1. The van der Waals surface area contributed by atoms with E-state index in [1.807, 2.05) is 11.4 Å². The molecule has 0 radical (unpaired) electrons. The van der Waals surface area contributed by atoms with Crippen LogP contribution >= 0.6 is 38.6 Å². The molecule has 0 fully saturated rings. The largest absolute Gasteiger partial charge is 0.478 e. The summed E-state index contributed by atoms with van der Waals surface area (Å²) in [4.78, 5) is 11.6. The third-order valence-electron chi connectivity index (χ3n) is 2.20. The van der Waals surface area contributed by atoms with Gasteiger partial charge in [-0.1, -0.05) is 0 Å². The molecule has 19 heavy (non-hydrogen) atoms. The van der Waals surface area contributed by atoms with Crippen LogP contribution in [0.4, 0.5) is 0 Å². The van der Waals surface area contributed by atoms with E-state index in [2.05, 4.69) is 20.7 Å². The molecule has 0 aliphatic carbocycles. The molecule has 2 N–H and O–H groups in total. The predicted octanol–water partition coefficient (Wildman–Crippen LogP) is 2.75. The average Bonchev–Trinajstić information content (AvgIpc) is 2.95. The van der Waals surface area contributed by atoms with Gasteiger partial charge in [-0.3, -0.25) is 0 Å². The van der Waals surface area contributed by atoms with E-state index in [0.29, 0.717) is 0 Å². The molecule has 0 saturated heterocycles. The van der Waals surface area contributed by atoms with E-state index in [-0.39, 0.29) is 16.3 Å². The monoisotopic (exact) mass is 381 g/mol. The van der Waals surface area contributed by atoms with Gasteiger partial charge in [0.25, 0.3) is 0 Å². The number of carboxylic acid groups (broad SMARTS) is 1. The SMILES string of the molecule is O=C(O)c1csc(S(=O)(=O)NCc2sccc2Br)c1. The molecule has 0 unspecified atom stereocenters. The first-order valence-corrected chi connectivity index (χ1v) is 8.97. The van der Waals surface area contributed by atoms with Crippen molar-refractivity contribution in [2.75, 3.05) is 0 Å². The molecule has 0 amide bonds. The number of hydrogen-bond donors (Lipinski definition) is 2. The minimum absolute atomic E-state index is 0.00224. The quantitative estimate of drug-likeness (QED) is 0.833. The molecule has 0 aromatic carbocycles. The van der Waals surface area contributed by atoms with E-state index in [1.165, 1.54) is 16.7 Å². The van der Waals surface area contributed by atoms with Crippen molar-refractivity contribution in [1.82, 2.24) is 4.72 Å². The highest BCUT2D eigenvalue weighted by Gasteiger charge is 2.19. The van der Waals surface area contributed by atoms with E-state index in [1.54, 1.807) is 0 Å². The summed E-state index contributed by atoms with van der Waals surface area (Å²) in [5.41, 5.74) is -0.0253. The molecule has 5 nitrogen and oxygen atoms in total. The number of thiophene rings is 2. The highest BCUT2D eigenvalue weighted by molar-refractivity contribution is 9.10. The summed E-state index contributed by atoms with van der Waals surface area (Å²) in [6.45, 7) is 0.168. The van der Waals surface area contributed by atoms with E-state index >= 15 is 0 Å². The number of aromatic carboxylic acids is 1. The molecule has 0 aliphatic rings. The Hall–Kier alpha value is -0.740. The Morgan fingerprint density at radius 1 is 1.42 bits per heavy atom. The number of carboxylic acids is 1. The lowest BCUT2D eigenvalue weighted by molar-refractivity contribution is 0.0697. The van der Waals surface area contributed by atoms with E-state index in [4.69, 9.17) is 5.11 Å². The number of halogens is 1. The molecule has 102 valence electrons. The standard InChI is InChI=1S/C10H8BrNO4S3/c11-7-1-2-17-8(7)4-12-19(15,16)9-3-6(5-18-9)10(13)14/h1-3,5,12H,4H2,(H,13,14). The molecule has 2 aromatic rings. The zero-order valence-electron chi connectivity index (χ0n) is 9.29. The van der Waals surface area contributed by atoms with Crippen molar-refractivity contribution in [2.24, 2.45) is 0 Å². The van der Waals surface area contributed by atoms with Crippen molar-refractivity contribution in [3.8, 4) is 0 Å². The first kappa shape index (κ1) is 14.7. The van der Waals surface area contributed by atoms with Crippen molar-refractivity contribution < 1.29 is 18.3 Å². The smallest absolute Gasteiger partial charge is 0.336 e. The second kappa shape index (κ2) is 5.71. The number of nitrogens with one attached hydrogen (secondary N) is 1. The summed E-state index contributed by atoms with van der Waals surface area (Å²) in [5, 5.41) is 11.9. The van der Waals surface area contributed by atoms with Gasteiger partial charge in [-0.05, 0) is 33.4 Å². The maximum atomic E-state index is 12.0. The van der Waals surface area contributed by atoms with E-state index in [9.17, 15) is 13.2 Å². The third-order valence-corrected chi connectivity index (χ3v) is 6.97. The minimum Gasteiger partial charge on any atom is -0.478 e. The summed E-state index contributed by atoms with van der Waals surface area (Å²) >= 11 is 5.63. The van der Waals surface area contributed by atoms with Crippen LogP contribution in [0.25, 0.3) is 0 Å². The third kappa shape index (κ3) is 3.42. The van der Waals surface area contributed by atoms with Gasteiger partial charge in [-0.15, -0.1) is 22.7 Å². The fraction of sp³-hybridized carbons (Fsp3) is 0.100. The van der Waals surface area contributed by atoms with Gasteiger partial charge in [0.2, 0.25) is 10.0 Å². The van der Waals surface area contributed by atoms with Crippen molar-refractivity contribution >= 4 is 54.6 Å². The van der Waals surface area contributed by atoms with Gasteiger partial charge in [0.1, 0.15) is 4.21 Å². The Bertz CT molecular complexity index is 704. The fourth-order valence-electron chi connectivity index (χ4n) is 1.25. The van der Waals surface area contributed by atoms with Crippen molar-refractivity contribution in [3.63, 3.8) is 0 Å². The summed E-state index contributed by atoms with van der Waals surface area (Å²) < 4.78 is 27.2. The Morgan fingerprint density at radius 2 is 2.16 bits per heavy atom. The average molecular weight is 382 g/mol. The number of rotatable bonds is 5.